The van der Waals surface area contributed by atoms with E-state index in [0.29, 0.717) is 41.6 Å². The van der Waals surface area contributed by atoms with Gasteiger partial charge in [0.25, 0.3) is 5.89 Å². The molecular formula is C16H16N6O3. The van der Waals surface area contributed by atoms with Gasteiger partial charge in [-0.2, -0.15) is 0 Å². The fourth-order valence-corrected chi connectivity index (χ4v) is 2.88. The highest BCUT2D eigenvalue weighted by molar-refractivity contribution is 5.87. The Balaban J connectivity index is 1.50. The lowest BCUT2D eigenvalue weighted by Gasteiger charge is -2.31. The number of nitrogens with one attached hydrogen (secondary N) is 1. The number of H-pyrrole nitrogens is 1. The first kappa shape index (κ1) is 15.3. The number of likely N-dealkylation sites (tertiary alicyclic amines) is 1. The third-order valence-electron chi connectivity index (χ3n) is 4.16. The number of hydrogen-bond acceptors (Lipinski definition) is 7. The first-order valence-electron chi connectivity index (χ1n) is 7.93. The van der Waals surface area contributed by atoms with Crippen molar-refractivity contribution in [1.29, 1.82) is 0 Å². The van der Waals surface area contributed by atoms with E-state index in [1.165, 1.54) is 12.5 Å². The second-order valence-corrected chi connectivity index (χ2v) is 5.70. The predicted molar refractivity (Wildman–Crippen MR) is 87.6 cm³/mol. The van der Waals surface area contributed by atoms with Gasteiger partial charge in [0, 0.05) is 32.1 Å². The van der Waals surface area contributed by atoms with Gasteiger partial charge in [0.2, 0.25) is 18.2 Å². The van der Waals surface area contributed by atoms with Crippen molar-refractivity contribution in [3.8, 4) is 17.3 Å². The molecule has 0 bridgehead atoms. The van der Waals surface area contributed by atoms with E-state index in [0.717, 1.165) is 12.8 Å². The van der Waals surface area contributed by atoms with Crippen LogP contribution in [0, 0.1) is 0 Å². The van der Waals surface area contributed by atoms with Crippen LogP contribution in [-0.4, -0.2) is 55.1 Å². The van der Waals surface area contributed by atoms with Crippen LogP contribution in [0.1, 0.15) is 12.8 Å². The van der Waals surface area contributed by atoms with E-state index in [9.17, 15) is 4.79 Å². The van der Waals surface area contributed by atoms with E-state index in [2.05, 4.69) is 31.7 Å². The van der Waals surface area contributed by atoms with E-state index in [1.54, 1.807) is 17.3 Å². The Morgan fingerprint density at radius 2 is 2.28 bits per heavy atom. The molecule has 3 aromatic rings. The summed E-state index contributed by atoms with van der Waals surface area (Å²) < 4.78 is 11.2. The summed E-state index contributed by atoms with van der Waals surface area (Å²) in [5.74, 6) is 0.756. The summed E-state index contributed by atoms with van der Waals surface area (Å²) in [6.07, 6.45) is 7.38. The average molecular weight is 340 g/mol. The van der Waals surface area contributed by atoms with Gasteiger partial charge in [-0.15, -0.1) is 10.2 Å². The Labute approximate surface area is 142 Å². The van der Waals surface area contributed by atoms with Crippen LogP contribution in [0.2, 0.25) is 0 Å². The molecule has 128 valence electrons. The number of amides is 1. The van der Waals surface area contributed by atoms with Gasteiger partial charge in [-0.05, 0) is 6.08 Å². The standard InChI is InChI=1S/C16H16N6O3/c1-2-13(23)22-5-3-10(4-6-22)25-12-8-18-15-14(20-12)11(7-17-15)16-21-19-9-24-16/h2,7-10H,1,3-6H2,(H,17,18). The molecule has 4 rings (SSSR count). The minimum atomic E-state index is -0.0452. The number of nitrogens with zero attached hydrogens (tertiary/aromatic N) is 5. The van der Waals surface area contributed by atoms with Crippen molar-refractivity contribution in [1.82, 2.24) is 30.0 Å². The van der Waals surface area contributed by atoms with Crippen LogP contribution in [0.3, 0.4) is 0 Å². The smallest absolute Gasteiger partial charge is 0.251 e. The molecule has 1 aliphatic rings. The van der Waals surface area contributed by atoms with Crippen LogP contribution in [-0.2, 0) is 4.79 Å². The lowest BCUT2D eigenvalue weighted by atomic mass is 10.1. The second-order valence-electron chi connectivity index (χ2n) is 5.70. The molecule has 1 saturated heterocycles. The maximum Gasteiger partial charge on any atom is 0.251 e. The lowest BCUT2D eigenvalue weighted by Crippen LogP contribution is -2.41. The molecule has 0 saturated carbocycles. The van der Waals surface area contributed by atoms with Gasteiger partial charge in [-0.25, -0.2) is 9.97 Å². The molecule has 0 radical (unpaired) electrons. The number of aromatic amines is 1. The van der Waals surface area contributed by atoms with Crippen LogP contribution in [0.5, 0.6) is 5.88 Å². The largest absolute Gasteiger partial charge is 0.473 e. The molecule has 0 atom stereocenters. The fraction of sp³-hybridized carbons (Fsp3) is 0.312. The Morgan fingerprint density at radius 1 is 1.44 bits per heavy atom. The van der Waals surface area contributed by atoms with Crippen molar-refractivity contribution >= 4 is 17.1 Å². The molecule has 9 nitrogen and oxygen atoms in total. The first-order chi connectivity index (χ1) is 12.2. The normalized spacial score (nSPS) is 15.4. The van der Waals surface area contributed by atoms with Gasteiger partial charge in [0.1, 0.15) is 11.6 Å². The van der Waals surface area contributed by atoms with Gasteiger partial charge < -0.3 is 19.0 Å². The zero-order valence-corrected chi connectivity index (χ0v) is 13.4. The molecule has 1 fully saturated rings. The monoisotopic (exact) mass is 340 g/mol. The molecule has 25 heavy (non-hydrogen) atoms. The van der Waals surface area contributed by atoms with Crippen LogP contribution in [0.4, 0.5) is 0 Å². The summed E-state index contributed by atoms with van der Waals surface area (Å²) in [4.78, 5) is 25.2. The summed E-state index contributed by atoms with van der Waals surface area (Å²) >= 11 is 0. The van der Waals surface area contributed by atoms with Gasteiger partial charge in [-0.3, -0.25) is 4.79 Å². The first-order valence-corrected chi connectivity index (χ1v) is 7.93. The molecule has 1 N–H and O–H groups in total. The van der Waals surface area contributed by atoms with E-state index < -0.39 is 0 Å². The van der Waals surface area contributed by atoms with Gasteiger partial charge in [0.05, 0.1) is 11.8 Å². The molecule has 0 spiro atoms. The lowest BCUT2D eigenvalue weighted by molar-refractivity contribution is -0.127. The topological polar surface area (TPSA) is 110 Å². The highest BCUT2D eigenvalue weighted by Crippen LogP contribution is 2.26. The Morgan fingerprint density at radius 3 is 3.00 bits per heavy atom. The fourth-order valence-electron chi connectivity index (χ4n) is 2.88. The third kappa shape index (κ3) is 2.95. The quantitative estimate of drug-likeness (QED) is 0.718. The number of carbonyl (C=O) groups is 1. The second kappa shape index (κ2) is 6.34. The summed E-state index contributed by atoms with van der Waals surface area (Å²) in [5.41, 5.74) is 1.91. The van der Waals surface area contributed by atoms with Gasteiger partial charge in [-0.1, -0.05) is 6.58 Å². The number of carbonyl (C=O) groups excluding carboxylic acids is 1. The zero-order chi connectivity index (χ0) is 17.2. The van der Waals surface area contributed by atoms with Crippen LogP contribution < -0.4 is 4.74 Å². The Kier molecular flexibility index (Phi) is 3.88. The maximum atomic E-state index is 11.6. The average Bonchev–Trinajstić information content (AvgIpc) is 3.30. The molecule has 3 aromatic heterocycles. The van der Waals surface area contributed by atoms with Crippen molar-refractivity contribution in [2.45, 2.75) is 18.9 Å². The van der Waals surface area contributed by atoms with Crippen LogP contribution in [0.15, 0.2) is 35.9 Å². The third-order valence-corrected chi connectivity index (χ3v) is 4.16. The zero-order valence-electron chi connectivity index (χ0n) is 13.4. The van der Waals surface area contributed by atoms with Crippen molar-refractivity contribution < 1.29 is 13.9 Å². The number of rotatable bonds is 4. The predicted octanol–water partition coefficient (Wildman–Crippen LogP) is 1.56. The van der Waals surface area contributed by atoms with Crippen LogP contribution >= 0.6 is 0 Å². The number of ether oxygens (including phenoxy) is 1. The van der Waals surface area contributed by atoms with Gasteiger partial charge >= 0.3 is 0 Å². The van der Waals surface area contributed by atoms with Crippen molar-refractivity contribution in [2.75, 3.05) is 13.1 Å². The molecule has 9 heteroatoms. The number of aromatic nitrogens is 5. The van der Waals surface area contributed by atoms with Crippen molar-refractivity contribution in [2.24, 2.45) is 0 Å². The van der Waals surface area contributed by atoms with E-state index in [1.807, 2.05) is 0 Å². The molecule has 1 aliphatic heterocycles. The summed E-state index contributed by atoms with van der Waals surface area (Å²) in [6, 6.07) is 0. The van der Waals surface area contributed by atoms with Crippen LogP contribution in [0.25, 0.3) is 22.6 Å². The summed E-state index contributed by atoms with van der Waals surface area (Å²) in [7, 11) is 0. The van der Waals surface area contributed by atoms with E-state index in [4.69, 9.17) is 9.15 Å². The Bertz CT molecular complexity index is 896. The highest BCUT2D eigenvalue weighted by Gasteiger charge is 2.23. The van der Waals surface area contributed by atoms with E-state index in [-0.39, 0.29) is 12.0 Å². The summed E-state index contributed by atoms with van der Waals surface area (Å²) in [5, 5.41) is 7.58. The minimum absolute atomic E-state index is 0.00795. The summed E-state index contributed by atoms with van der Waals surface area (Å²) in [6.45, 7) is 4.80. The number of piperidine rings is 1. The highest BCUT2D eigenvalue weighted by atomic mass is 16.5. The van der Waals surface area contributed by atoms with Gasteiger partial charge in [0.15, 0.2) is 5.65 Å². The number of fused-ring (bicyclic) bond motifs is 1. The molecular weight excluding hydrogens is 324 g/mol. The molecule has 4 heterocycles. The Hall–Kier alpha value is -3.23. The van der Waals surface area contributed by atoms with Crippen molar-refractivity contribution in [3.63, 3.8) is 0 Å². The van der Waals surface area contributed by atoms with E-state index >= 15 is 0 Å². The number of hydrogen-bond donors (Lipinski definition) is 1. The maximum absolute atomic E-state index is 11.6. The molecule has 0 aliphatic carbocycles. The molecule has 1 amide bonds. The minimum Gasteiger partial charge on any atom is -0.473 e. The molecule has 0 unspecified atom stereocenters. The molecule has 0 aromatic carbocycles. The van der Waals surface area contributed by atoms with Crippen molar-refractivity contribution in [3.05, 3.63) is 31.4 Å². The SMILES string of the molecule is C=CC(=O)N1CCC(Oc2cnc3[nH]cc(-c4nnco4)c3n2)CC1.